The normalized spacial score (nSPS) is 12.8. The Balaban J connectivity index is 1.97. The topological polar surface area (TPSA) is 47.1 Å². The van der Waals surface area contributed by atoms with Gasteiger partial charge in [0.2, 0.25) is 0 Å². The quantitative estimate of drug-likeness (QED) is 0.856. The van der Waals surface area contributed by atoms with Crippen molar-refractivity contribution in [3.05, 3.63) is 54.1 Å². The summed E-state index contributed by atoms with van der Waals surface area (Å²) in [5.74, 6) is 1.44. The number of nitrogens with zero attached hydrogens (tertiary/aromatic N) is 3. The van der Waals surface area contributed by atoms with Crippen LogP contribution in [0.5, 0.6) is 0 Å². The molecule has 0 amide bonds. The molecule has 0 aliphatic heterocycles. The molecule has 0 radical (unpaired) electrons. The van der Waals surface area contributed by atoms with E-state index in [1.807, 2.05) is 25.5 Å². The summed E-state index contributed by atoms with van der Waals surface area (Å²) in [5, 5.41) is 0. The number of rotatable bonds is 6. The Morgan fingerprint density at radius 3 is 2.63 bits per heavy atom. The van der Waals surface area contributed by atoms with E-state index in [9.17, 15) is 0 Å². The fourth-order valence-electron chi connectivity index (χ4n) is 2.27. The van der Waals surface area contributed by atoms with Crippen LogP contribution >= 0.6 is 0 Å². The van der Waals surface area contributed by atoms with Crippen molar-refractivity contribution in [3.8, 4) is 0 Å². The average molecular weight is 258 g/mol. The summed E-state index contributed by atoms with van der Waals surface area (Å²) in [6.07, 6.45) is 3.81. The Hall–Kier alpha value is -1.65. The van der Waals surface area contributed by atoms with E-state index in [4.69, 9.17) is 5.73 Å². The second-order valence-electron chi connectivity index (χ2n) is 4.99. The molecular weight excluding hydrogens is 236 g/mol. The molecule has 0 aliphatic carbocycles. The molecule has 2 N–H and O–H groups in total. The van der Waals surface area contributed by atoms with E-state index < -0.39 is 0 Å². The maximum absolute atomic E-state index is 5.91. The van der Waals surface area contributed by atoms with Gasteiger partial charge in [-0.05, 0) is 12.6 Å². The number of hydrogen-bond acceptors (Lipinski definition) is 3. The molecule has 102 valence electrons. The van der Waals surface area contributed by atoms with Gasteiger partial charge in [0.05, 0.1) is 6.54 Å². The molecule has 0 saturated carbocycles. The average Bonchev–Trinajstić information content (AvgIpc) is 2.82. The molecule has 1 aromatic carbocycles. The van der Waals surface area contributed by atoms with E-state index >= 15 is 0 Å². The first kappa shape index (κ1) is 13.8. The predicted molar refractivity (Wildman–Crippen MR) is 77.8 cm³/mol. The highest BCUT2D eigenvalue weighted by Gasteiger charge is 2.13. The van der Waals surface area contributed by atoms with Crippen molar-refractivity contribution < 1.29 is 0 Å². The van der Waals surface area contributed by atoms with Gasteiger partial charge in [-0.25, -0.2) is 4.98 Å². The molecule has 19 heavy (non-hydrogen) atoms. The van der Waals surface area contributed by atoms with Crippen molar-refractivity contribution in [1.29, 1.82) is 0 Å². The minimum atomic E-state index is 0.367. The van der Waals surface area contributed by atoms with E-state index in [1.54, 1.807) is 0 Å². The number of likely N-dealkylation sites (N-methyl/N-ethyl adjacent to an activating group) is 1. The second-order valence-corrected chi connectivity index (χ2v) is 4.99. The number of benzene rings is 1. The third-order valence-electron chi connectivity index (χ3n) is 3.42. The summed E-state index contributed by atoms with van der Waals surface area (Å²) < 4.78 is 2.05. The lowest BCUT2D eigenvalue weighted by atomic mass is 9.99. The zero-order chi connectivity index (χ0) is 13.7. The maximum atomic E-state index is 5.91. The first-order valence-electron chi connectivity index (χ1n) is 6.60. The van der Waals surface area contributed by atoms with Crippen LogP contribution in [0.25, 0.3) is 0 Å². The molecule has 1 aromatic heterocycles. The van der Waals surface area contributed by atoms with Crippen LogP contribution < -0.4 is 5.73 Å². The van der Waals surface area contributed by atoms with E-state index in [2.05, 4.69) is 45.8 Å². The molecule has 4 heteroatoms. The van der Waals surface area contributed by atoms with Crippen molar-refractivity contribution in [3.63, 3.8) is 0 Å². The molecule has 2 aromatic rings. The van der Waals surface area contributed by atoms with Crippen molar-refractivity contribution in [2.75, 3.05) is 20.1 Å². The standard InChI is InChI=1S/C15H22N4/c1-18(12-15-17-8-9-19(15)2)11-14(10-16)13-6-4-3-5-7-13/h3-9,14H,10-12,16H2,1-2H3. The summed E-state index contributed by atoms with van der Waals surface area (Å²) in [7, 11) is 4.13. The number of nitrogens with two attached hydrogens (primary N) is 1. The van der Waals surface area contributed by atoms with Gasteiger partial charge in [-0.15, -0.1) is 0 Å². The van der Waals surface area contributed by atoms with Gasteiger partial charge in [-0.3, -0.25) is 4.90 Å². The Morgan fingerprint density at radius 2 is 2.05 bits per heavy atom. The lowest BCUT2D eigenvalue weighted by Gasteiger charge is -2.23. The monoisotopic (exact) mass is 258 g/mol. The highest BCUT2D eigenvalue weighted by atomic mass is 15.2. The Kier molecular flexibility index (Phi) is 4.71. The van der Waals surface area contributed by atoms with Crippen molar-refractivity contribution in [2.24, 2.45) is 12.8 Å². The smallest absolute Gasteiger partial charge is 0.122 e. The summed E-state index contributed by atoms with van der Waals surface area (Å²) >= 11 is 0. The first-order valence-corrected chi connectivity index (χ1v) is 6.60. The van der Waals surface area contributed by atoms with E-state index in [0.717, 1.165) is 18.9 Å². The number of hydrogen-bond donors (Lipinski definition) is 1. The van der Waals surface area contributed by atoms with E-state index in [-0.39, 0.29) is 0 Å². The number of imidazole rings is 1. The van der Waals surface area contributed by atoms with E-state index in [1.165, 1.54) is 5.56 Å². The molecule has 0 spiro atoms. The lowest BCUT2D eigenvalue weighted by molar-refractivity contribution is 0.294. The molecule has 1 atom stereocenters. The van der Waals surface area contributed by atoms with Gasteiger partial charge < -0.3 is 10.3 Å². The molecule has 0 aliphatic rings. The molecule has 1 unspecified atom stereocenters. The summed E-state index contributed by atoms with van der Waals surface area (Å²) in [6, 6.07) is 10.5. The van der Waals surface area contributed by atoms with Gasteiger partial charge in [-0.2, -0.15) is 0 Å². The van der Waals surface area contributed by atoms with Gasteiger partial charge in [-0.1, -0.05) is 30.3 Å². The van der Waals surface area contributed by atoms with Crippen LogP contribution in [0.2, 0.25) is 0 Å². The van der Waals surface area contributed by atoms with Crippen LogP contribution in [0.15, 0.2) is 42.7 Å². The largest absolute Gasteiger partial charge is 0.337 e. The van der Waals surface area contributed by atoms with Crippen LogP contribution in [0.1, 0.15) is 17.3 Å². The highest BCUT2D eigenvalue weighted by molar-refractivity contribution is 5.20. The molecule has 4 nitrogen and oxygen atoms in total. The van der Waals surface area contributed by atoms with E-state index in [0.29, 0.717) is 12.5 Å². The second kappa shape index (κ2) is 6.50. The Labute approximate surface area is 114 Å². The minimum Gasteiger partial charge on any atom is -0.337 e. The molecule has 0 bridgehead atoms. The van der Waals surface area contributed by atoms with Gasteiger partial charge in [0.15, 0.2) is 0 Å². The highest BCUT2D eigenvalue weighted by Crippen LogP contribution is 2.15. The fourth-order valence-corrected chi connectivity index (χ4v) is 2.27. The van der Waals surface area contributed by atoms with Crippen molar-refractivity contribution >= 4 is 0 Å². The number of aryl methyl sites for hydroxylation is 1. The van der Waals surface area contributed by atoms with Gasteiger partial charge in [0.1, 0.15) is 5.82 Å². The summed E-state index contributed by atoms with van der Waals surface area (Å²) in [6.45, 7) is 2.44. The predicted octanol–water partition coefficient (Wildman–Crippen LogP) is 1.59. The van der Waals surface area contributed by atoms with Crippen LogP contribution in [-0.2, 0) is 13.6 Å². The first-order chi connectivity index (χ1) is 9.20. The molecule has 0 fully saturated rings. The van der Waals surface area contributed by atoms with Crippen molar-refractivity contribution in [1.82, 2.24) is 14.5 Å². The van der Waals surface area contributed by atoms with Crippen molar-refractivity contribution in [2.45, 2.75) is 12.5 Å². The fraction of sp³-hybridized carbons (Fsp3) is 0.400. The Bertz CT molecular complexity index is 492. The van der Waals surface area contributed by atoms with Gasteiger partial charge in [0, 0.05) is 38.4 Å². The van der Waals surface area contributed by atoms with Crippen LogP contribution in [0.3, 0.4) is 0 Å². The molecular formula is C15H22N4. The zero-order valence-corrected chi connectivity index (χ0v) is 11.7. The van der Waals surface area contributed by atoms with Crippen LogP contribution in [0.4, 0.5) is 0 Å². The van der Waals surface area contributed by atoms with Gasteiger partial charge >= 0.3 is 0 Å². The summed E-state index contributed by atoms with van der Waals surface area (Å²) in [4.78, 5) is 6.62. The summed E-state index contributed by atoms with van der Waals surface area (Å²) in [5.41, 5.74) is 7.21. The third-order valence-corrected chi connectivity index (χ3v) is 3.42. The van der Waals surface area contributed by atoms with Gasteiger partial charge in [0.25, 0.3) is 0 Å². The third kappa shape index (κ3) is 3.66. The van der Waals surface area contributed by atoms with Crippen LogP contribution in [-0.4, -0.2) is 34.6 Å². The molecule has 1 heterocycles. The molecule has 2 rings (SSSR count). The maximum Gasteiger partial charge on any atom is 0.122 e. The van der Waals surface area contributed by atoms with Crippen LogP contribution in [0, 0.1) is 0 Å². The SMILES string of the molecule is CN(Cc1nccn1C)CC(CN)c1ccccc1. The zero-order valence-electron chi connectivity index (χ0n) is 11.7. The molecule has 0 saturated heterocycles. The number of aromatic nitrogens is 2. The Morgan fingerprint density at radius 1 is 1.32 bits per heavy atom. The minimum absolute atomic E-state index is 0.367. The lowest BCUT2D eigenvalue weighted by Crippen LogP contribution is -2.29.